The van der Waals surface area contributed by atoms with E-state index in [1.165, 1.54) is 17.0 Å². The minimum Gasteiger partial charge on any atom is -0.491 e. The molecular formula is C26H34FN3O4S. The van der Waals surface area contributed by atoms with E-state index in [1.54, 1.807) is 33.3 Å². The number of rotatable bonds is 7. The summed E-state index contributed by atoms with van der Waals surface area (Å²) in [5, 5.41) is 5.00. The first-order valence-corrected chi connectivity index (χ1v) is 13.0. The first kappa shape index (κ1) is 25.4. The van der Waals surface area contributed by atoms with Crippen LogP contribution in [-0.4, -0.2) is 66.2 Å². The van der Waals surface area contributed by atoms with Crippen LogP contribution in [0, 0.1) is 5.82 Å². The third-order valence-corrected chi connectivity index (χ3v) is 7.16. The Morgan fingerprint density at radius 3 is 2.86 bits per heavy atom. The Morgan fingerprint density at radius 2 is 2.14 bits per heavy atom. The zero-order valence-corrected chi connectivity index (χ0v) is 21.4. The molecule has 2 atom stereocenters. The number of thiophene rings is 1. The minimum absolute atomic E-state index is 0.0439. The van der Waals surface area contributed by atoms with Crippen LogP contribution in [0.1, 0.15) is 50.1 Å². The number of halogens is 1. The first-order chi connectivity index (χ1) is 16.7. The van der Waals surface area contributed by atoms with Crippen molar-refractivity contribution in [2.75, 3.05) is 32.8 Å². The molecule has 0 saturated carbocycles. The summed E-state index contributed by atoms with van der Waals surface area (Å²) in [6, 6.07) is 7.44. The van der Waals surface area contributed by atoms with Gasteiger partial charge in [-0.3, -0.25) is 4.79 Å². The summed E-state index contributed by atoms with van der Waals surface area (Å²) in [5.74, 6) is -0.0917. The fourth-order valence-electron chi connectivity index (χ4n) is 4.51. The van der Waals surface area contributed by atoms with Gasteiger partial charge in [-0.1, -0.05) is 6.07 Å². The number of carbonyl (C=O) groups excluding carboxylic acids is 2. The molecule has 1 fully saturated rings. The number of urea groups is 1. The maximum Gasteiger partial charge on any atom is 0.318 e. The van der Waals surface area contributed by atoms with Crippen molar-refractivity contribution in [1.82, 2.24) is 15.1 Å². The van der Waals surface area contributed by atoms with E-state index in [0.717, 1.165) is 24.8 Å². The van der Waals surface area contributed by atoms with Gasteiger partial charge in [0.1, 0.15) is 24.7 Å². The predicted octanol–water partition coefficient (Wildman–Crippen LogP) is 4.38. The third-order valence-electron chi connectivity index (χ3n) is 6.16. The molecule has 0 radical (unpaired) electrons. The number of hydrogen-bond donors (Lipinski definition) is 1. The van der Waals surface area contributed by atoms with E-state index in [9.17, 15) is 14.0 Å². The van der Waals surface area contributed by atoms with Crippen molar-refractivity contribution in [3.8, 4) is 5.75 Å². The highest BCUT2D eigenvalue weighted by Gasteiger charge is 2.34. The number of nitrogens with one attached hydrogen (secondary N) is 1. The summed E-state index contributed by atoms with van der Waals surface area (Å²) in [5.41, 5.74) is 0.628. The Labute approximate surface area is 210 Å². The summed E-state index contributed by atoms with van der Waals surface area (Å²) in [4.78, 5) is 31.3. The van der Waals surface area contributed by atoms with Crippen molar-refractivity contribution >= 4 is 23.3 Å². The van der Waals surface area contributed by atoms with E-state index >= 15 is 0 Å². The van der Waals surface area contributed by atoms with Gasteiger partial charge in [0.15, 0.2) is 0 Å². The topological polar surface area (TPSA) is 71.1 Å². The number of hydrogen-bond acceptors (Lipinski definition) is 5. The Morgan fingerprint density at radius 1 is 1.31 bits per heavy atom. The van der Waals surface area contributed by atoms with Crippen LogP contribution in [0.4, 0.5) is 9.18 Å². The smallest absolute Gasteiger partial charge is 0.318 e. The molecule has 0 bridgehead atoms. The van der Waals surface area contributed by atoms with Crippen LogP contribution in [0.25, 0.3) is 0 Å². The second kappa shape index (κ2) is 11.0. The van der Waals surface area contributed by atoms with Gasteiger partial charge in [0.2, 0.25) is 5.91 Å². The van der Waals surface area contributed by atoms with Crippen molar-refractivity contribution in [2.24, 2.45) is 0 Å². The third kappa shape index (κ3) is 6.73. The molecule has 3 amide bonds. The Bertz CT molecular complexity index is 1030. The molecule has 0 aliphatic carbocycles. The number of nitrogens with zero attached hydrogens (tertiary/aromatic N) is 2. The van der Waals surface area contributed by atoms with Gasteiger partial charge in [-0.15, -0.1) is 11.3 Å². The molecule has 9 heteroatoms. The first-order valence-electron chi connectivity index (χ1n) is 12.1. The quantitative estimate of drug-likeness (QED) is 0.609. The summed E-state index contributed by atoms with van der Waals surface area (Å²) in [7, 11) is 0. The molecule has 2 aliphatic heterocycles. The maximum atomic E-state index is 13.6. The fraction of sp³-hybridized carbons (Fsp3) is 0.538. The van der Waals surface area contributed by atoms with Gasteiger partial charge in [0, 0.05) is 36.2 Å². The normalized spacial score (nSPS) is 19.8. The molecule has 4 rings (SSSR count). The summed E-state index contributed by atoms with van der Waals surface area (Å²) >= 11 is 1.67. The van der Waals surface area contributed by atoms with Crippen LogP contribution in [-0.2, 0) is 16.0 Å². The van der Waals surface area contributed by atoms with Gasteiger partial charge in [0.05, 0.1) is 12.1 Å². The lowest BCUT2D eigenvalue weighted by atomic mass is 10.0. The lowest BCUT2D eigenvalue weighted by Gasteiger charge is -2.37. The number of benzene rings is 1. The number of fused-ring (bicyclic) bond motifs is 1. The molecule has 2 aromatic rings. The molecule has 1 saturated heterocycles. The van der Waals surface area contributed by atoms with E-state index in [2.05, 4.69) is 5.32 Å². The highest BCUT2D eigenvalue weighted by molar-refractivity contribution is 7.10. The minimum atomic E-state index is -0.424. The van der Waals surface area contributed by atoms with Gasteiger partial charge >= 0.3 is 6.03 Å². The largest absolute Gasteiger partial charge is 0.491 e. The SMILES string of the molecule is CC(C)(C)NC(=O)N(CC(=O)N1CCc2sccc2[C@H]1COc1cccc(F)c1)C[C@@H]1CCCO1. The zero-order chi connectivity index (χ0) is 25.0. The summed E-state index contributed by atoms with van der Waals surface area (Å²) in [6.45, 7) is 7.50. The lowest BCUT2D eigenvalue weighted by Crippen LogP contribution is -2.54. The van der Waals surface area contributed by atoms with Crippen LogP contribution in [0.2, 0.25) is 0 Å². The molecule has 7 nitrogen and oxygen atoms in total. The highest BCUT2D eigenvalue weighted by atomic mass is 32.1. The second-order valence-corrected chi connectivity index (χ2v) is 11.1. The van der Waals surface area contributed by atoms with Crippen LogP contribution in [0.15, 0.2) is 35.7 Å². The van der Waals surface area contributed by atoms with E-state index in [-0.39, 0.29) is 43.1 Å². The Hall–Kier alpha value is -2.65. The van der Waals surface area contributed by atoms with Crippen LogP contribution in [0.5, 0.6) is 5.75 Å². The molecule has 190 valence electrons. The van der Waals surface area contributed by atoms with E-state index in [0.29, 0.717) is 25.4 Å². The molecule has 0 spiro atoms. The van der Waals surface area contributed by atoms with Crippen molar-refractivity contribution in [2.45, 2.75) is 57.7 Å². The molecule has 2 aliphatic rings. The molecule has 1 aromatic carbocycles. The van der Waals surface area contributed by atoms with Crippen molar-refractivity contribution in [3.05, 3.63) is 52.0 Å². The average Bonchev–Trinajstić information content (AvgIpc) is 3.47. The Kier molecular flexibility index (Phi) is 7.96. The van der Waals surface area contributed by atoms with Crippen LogP contribution >= 0.6 is 11.3 Å². The van der Waals surface area contributed by atoms with E-state index in [4.69, 9.17) is 9.47 Å². The number of ether oxygens (including phenoxy) is 2. The van der Waals surface area contributed by atoms with Crippen molar-refractivity contribution < 1.29 is 23.5 Å². The molecular weight excluding hydrogens is 469 g/mol. The number of amides is 3. The number of carbonyl (C=O) groups is 2. The molecule has 3 heterocycles. The lowest BCUT2D eigenvalue weighted by molar-refractivity contribution is -0.135. The average molecular weight is 504 g/mol. The van der Waals surface area contributed by atoms with Gasteiger partial charge < -0.3 is 24.6 Å². The van der Waals surface area contributed by atoms with Crippen molar-refractivity contribution in [3.63, 3.8) is 0 Å². The van der Waals surface area contributed by atoms with Crippen LogP contribution < -0.4 is 10.1 Å². The van der Waals surface area contributed by atoms with Crippen molar-refractivity contribution in [1.29, 1.82) is 0 Å². The summed E-state index contributed by atoms with van der Waals surface area (Å²) in [6.07, 6.45) is 2.53. The summed E-state index contributed by atoms with van der Waals surface area (Å²) < 4.78 is 25.3. The van der Waals surface area contributed by atoms with Gasteiger partial charge in [-0.25, -0.2) is 9.18 Å². The van der Waals surface area contributed by atoms with E-state index in [1.807, 2.05) is 32.2 Å². The molecule has 1 N–H and O–H groups in total. The fourth-order valence-corrected chi connectivity index (χ4v) is 5.44. The van der Waals surface area contributed by atoms with Gasteiger partial charge in [-0.2, -0.15) is 0 Å². The monoisotopic (exact) mass is 503 g/mol. The van der Waals surface area contributed by atoms with Gasteiger partial charge in [-0.05, 0) is 69.2 Å². The zero-order valence-electron chi connectivity index (χ0n) is 20.6. The maximum absolute atomic E-state index is 13.6. The standard InChI is InChI=1S/C26H34FN3O4S/c1-26(2,3)28-25(32)29(15-20-8-5-12-33-20)16-24(31)30-11-9-23-21(10-13-35-23)22(30)17-34-19-7-4-6-18(27)14-19/h4,6-7,10,13-14,20,22H,5,8-9,11-12,15-17H2,1-3H3,(H,28,32)/t20-,22+/m0/s1. The molecule has 0 unspecified atom stereocenters. The second-order valence-electron chi connectivity index (χ2n) is 10.1. The van der Waals surface area contributed by atoms with E-state index < -0.39 is 5.54 Å². The Balaban J connectivity index is 1.50. The van der Waals surface area contributed by atoms with Crippen LogP contribution in [0.3, 0.4) is 0 Å². The molecule has 35 heavy (non-hydrogen) atoms. The molecule has 1 aromatic heterocycles. The predicted molar refractivity (Wildman–Crippen MR) is 133 cm³/mol. The van der Waals surface area contributed by atoms with Gasteiger partial charge in [0.25, 0.3) is 0 Å². The highest BCUT2D eigenvalue weighted by Crippen LogP contribution is 2.34.